The van der Waals surface area contributed by atoms with Crippen LogP contribution in [0.3, 0.4) is 0 Å². The summed E-state index contributed by atoms with van der Waals surface area (Å²) in [5, 5.41) is 3.00. The standard InChI is InChI=1S/C24H30FN3O3S/c25-21-6-10-23(11-7-21)32(30,31)28-16-12-20(13-17-28)24(29)26-18-19-4-8-22(9-5-19)27-14-2-1-3-15-27/h4-11,20H,1-3,12-18H2,(H,26,29). The van der Waals surface area contributed by atoms with Gasteiger partial charge in [-0.15, -0.1) is 0 Å². The van der Waals surface area contributed by atoms with E-state index < -0.39 is 15.8 Å². The maximum atomic E-state index is 13.1. The molecule has 2 saturated heterocycles. The zero-order chi connectivity index (χ0) is 22.6. The summed E-state index contributed by atoms with van der Waals surface area (Å²) >= 11 is 0. The molecule has 0 aliphatic carbocycles. The number of carbonyl (C=O) groups excluding carboxylic acids is 1. The molecule has 1 N–H and O–H groups in total. The summed E-state index contributed by atoms with van der Waals surface area (Å²) in [6.45, 7) is 3.23. The minimum absolute atomic E-state index is 0.0380. The Morgan fingerprint density at radius 2 is 1.53 bits per heavy atom. The summed E-state index contributed by atoms with van der Waals surface area (Å²) in [4.78, 5) is 15.1. The number of halogens is 1. The van der Waals surface area contributed by atoms with Gasteiger partial charge in [-0.2, -0.15) is 4.31 Å². The second kappa shape index (κ2) is 10.0. The molecule has 0 unspecified atom stereocenters. The maximum Gasteiger partial charge on any atom is 0.243 e. The average molecular weight is 460 g/mol. The monoisotopic (exact) mass is 459 g/mol. The van der Waals surface area contributed by atoms with Crippen molar-refractivity contribution in [3.05, 3.63) is 59.9 Å². The van der Waals surface area contributed by atoms with E-state index in [-0.39, 0.29) is 29.8 Å². The lowest BCUT2D eigenvalue weighted by Crippen LogP contribution is -2.42. The highest BCUT2D eigenvalue weighted by molar-refractivity contribution is 7.89. The van der Waals surface area contributed by atoms with Crippen LogP contribution < -0.4 is 10.2 Å². The fraction of sp³-hybridized carbons (Fsp3) is 0.458. The van der Waals surface area contributed by atoms with E-state index in [1.165, 1.54) is 41.4 Å². The van der Waals surface area contributed by atoms with Crippen molar-refractivity contribution in [1.29, 1.82) is 0 Å². The summed E-state index contributed by atoms with van der Waals surface area (Å²) in [6, 6.07) is 13.2. The van der Waals surface area contributed by atoms with Gasteiger partial charge in [-0.25, -0.2) is 12.8 Å². The van der Waals surface area contributed by atoms with E-state index >= 15 is 0 Å². The lowest BCUT2D eigenvalue weighted by molar-refractivity contribution is -0.126. The van der Waals surface area contributed by atoms with Gasteiger partial charge in [0.1, 0.15) is 5.82 Å². The summed E-state index contributed by atoms with van der Waals surface area (Å²) in [5.74, 6) is -0.716. The highest BCUT2D eigenvalue weighted by Crippen LogP contribution is 2.25. The number of hydrogen-bond acceptors (Lipinski definition) is 4. The van der Waals surface area contributed by atoms with E-state index in [1.807, 2.05) is 0 Å². The van der Waals surface area contributed by atoms with Crippen LogP contribution in [0.1, 0.15) is 37.7 Å². The van der Waals surface area contributed by atoms with Gasteiger partial charge in [0, 0.05) is 44.3 Å². The Morgan fingerprint density at radius 1 is 0.906 bits per heavy atom. The first-order valence-electron chi connectivity index (χ1n) is 11.3. The third-order valence-electron chi connectivity index (χ3n) is 6.40. The van der Waals surface area contributed by atoms with Crippen molar-refractivity contribution in [2.45, 2.75) is 43.5 Å². The van der Waals surface area contributed by atoms with Gasteiger partial charge < -0.3 is 10.2 Å². The lowest BCUT2D eigenvalue weighted by Gasteiger charge is -2.30. The molecule has 2 aromatic carbocycles. The molecule has 2 heterocycles. The molecular formula is C24H30FN3O3S. The van der Waals surface area contributed by atoms with Crippen molar-refractivity contribution in [3.63, 3.8) is 0 Å². The van der Waals surface area contributed by atoms with Crippen LogP contribution in [0.5, 0.6) is 0 Å². The van der Waals surface area contributed by atoms with Crippen LogP contribution in [0, 0.1) is 11.7 Å². The Balaban J connectivity index is 1.26. The number of benzene rings is 2. The van der Waals surface area contributed by atoms with E-state index in [4.69, 9.17) is 0 Å². The molecular weight excluding hydrogens is 429 g/mol. The molecule has 32 heavy (non-hydrogen) atoms. The number of carbonyl (C=O) groups is 1. The van der Waals surface area contributed by atoms with E-state index in [0.29, 0.717) is 19.4 Å². The van der Waals surface area contributed by atoms with Crippen molar-refractivity contribution in [2.75, 3.05) is 31.1 Å². The molecule has 0 saturated carbocycles. The summed E-state index contributed by atoms with van der Waals surface area (Å²) < 4.78 is 39.9. The Labute approximate surface area is 189 Å². The lowest BCUT2D eigenvalue weighted by atomic mass is 9.97. The second-order valence-electron chi connectivity index (χ2n) is 8.56. The fourth-order valence-corrected chi connectivity index (χ4v) is 5.89. The Morgan fingerprint density at radius 3 is 2.16 bits per heavy atom. The predicted octanol–water partition coefficient (Wildman–Crippen LogP) is 3.53. The minimum atomic E-state index is -3.67. The summed E-state index contributed by atoms with van der Waals surface area (Å²) in [7, 11) is -3.67. The van der Waals surface area contributed by atoms with Crippen LogP contribution in [0.15, 0.2) is 53.4 Å². The predicted molar refractivity (Wildman–Crippen MR) is 122 cm³/mol. The van der Waals surface area contributed by atoms with Crippen LogP contribution in [0.2, 0.25) is 0 Å². The number of amides is 1. The number of piperidine rings is 2. The fourth-order valence-electron chi connectivity index (χ4n) is 4.42. The summed E-state index contributed by atoms with van der Waals surface area (Å²) in [6.07, 6.45) is 4.72. The molecule has 0 atom stereocenters. The first-order valence-corrected chi connectivity index (χ1v) is 12.7. The highest BCUT2D eigenvalue weighted by Gasteiger charge is 2.32. The van der Waals surface area contributed by atoms with Crippen LogP contribution in [-0.4, -0.2) is 44.8 Å². The molecule has 4 rings (SSSR count). The average Bonchev–Trinajstić information content (AvgIpc) is 2.84. The molecule has 2 aliphatic heterocycles. The molecule has 6 nitrogen and oxygen atoms in total. The molecule has 1 amide bonds. The number of nitrogens with zero attached hydrogens (tertiary/aromatic N) is 2. The zero-order valence-corrected chi connectivity index (χ0v) is 19.0. The van der Waals surface area contributed by atoms with Gasteiger partial charge >= 0.3 is 0 Å². The minimum Gasteiger partial charge on any atom is -0.372 e. The highest BCUT2D eigenvalue weighted by atomic mass is 32.2. The van der Waals surface area contributed by atoms with E-state index in [1.54, 1.807) is 0 Å². The molecule has 2 aliphatic rings. The number of hydrogen-bond donors (Lipinski definition) is 1. The Hall–Kier alpha value is -2.45. The van der Waals surface area contributed by atoms with Crippen LogP contribution in [0.4, 0.5) is 10.1 Å². The van der Waals surface area contributed by atoms with Gasteiger partial charge in [0.05, 0.1) is 4.90 Å². The van der Waals surface area contributed by atoms with Gasteiger partial charge in [0.2, 0.25) is 15.9 Å². The quantitative estimate of drug-likeness (QED) is 0.718. The molecule has 0 aromatic heterocycles. The normalized spacial score (nSPS) is 18.5. The molecule has 2 aromatic rings. The topological polar surface area (TPSA) is 69.7 Å². The van der Waals surface area contributed by atoms with Gasteiger partial charge in [0.25, 0.3) is 0 Å². The SMILES string of the molecule is O=C(NCc1ccc(N2CCCCC2)cc1)C1CCN(S(=O)(=O)c2ccc(F)cc2)CC1. The largest absolute Gasteiger partial charge is 0.372 e. The second-order valence-corrected chi connectivity index (χ2v) is 10.5. The van der Waals surface area contributed by atoms with Gasteiger partial charge in [-0.3, -0.25) is 4.79 Å². The van der Waals surface area contributed by atoms with E-state index in [0.717, 1.165) is 30.8 Å². The van der Waals surface area contributed by atoms with Crippen molar-refractivity contribution < 1.29 is 17.6 Å². The van der Waals surface area contributed by atoms with Crippen molar-refractivity contribution in [2.24, 2.45) is 5.92 Å². The first-order chi connectivity index (χ1) is 15.4. The molecule has 0 radical (unpaired) electrons. The van der Waals surface area contributed by atoms with Crippen LogP contribution in [-0.2, 0) is 21.4 Å². The van der Waals surface area contributed by atoms with Crippen molar-refractivity contribution in [1.82, 2.24) is 9.62 Å². The third kappa shape index (κ3) is 5.30. The molecule has 172 valence electrons. The van der Waals surface area contributed by atoms with Gasteiger partial charge in [0.15, 0.2) is 0 Å². The van der Waals surface area contributed by atoms with Crippen LogP contribution >= 0.6 is 0 Å². The molecule has 2 fully saturated rings. The zero-order valence-electron chi connectivity index (χ0n) is 18.2. The number of anilines is 1. The molecule has 0 bridgehead atoms. The molecule has 8 heteroatoms. The van der Waals surface area contributed by atoms with E-state index in [9.17, 15) is 17.6 Å². The maximum absolute atomic E-state index is 13.1. The van der Waals surface area contributed by atoms with E-state index in [2.05, 4.69) is 34.5 Å². The Bertz CT molecular complexity index is 1010. The summed E-state index contributed by atoms with van der Waals surface area (Å²) in [5.41, 5.74) is 2.28. The number of nitrogens with one attached hydrogen (secondary N) is 1. The van der Waals surface area contributed by atoms with Crippen molar-refractivity contribution in [3.8, 4) is 0 Å². The van der Waals surface area contributed by atoms with Crippen LogP contribution in [0.25, 0.3) is 0 Å². The third-order valence-corrected chi connectivity index (χ3v) is 8.31. The smallest absolute Gasteiger partial charge is 0.243 e. The number of rotatable bonds is 6. The molecule has 0 spiro atoms. The van der Waals surface area contributed by atoms with Gasteiger partial charge in [-0.1, -0.05) is 12.1 Å². The first kappa shape index (κ1) is 22.7. The number of sulfonamides is 1. The van der Waals surface area contributed by atoms with Gasteiger partial charge in [-0.05, 0) is 74.1 Å². The van der Waals surface area contributed by atoms with Crippen molar-refractivity contribution >= 4 is 21.6 Å². The Kier molecular flexibility index (Phi) is 7.10.